The van der Waals surface area contributed by atoms with Crippen LogP contribution in [0.3, 0.4) is 0 Å². The quantitative estimate of drug-likeness (QED) is 0.453. The van der Waals surface area contributed by atoms with Crippen molar-refractivity contribution < 1.29 is 24.4 Å². The van der Waals surface area contributed by atoms with Gasteiger partial charge < -0.3 is 31.6 Å². The van der Waals surface area contributed by atoms with Crippen LogP contribution in [0.15, 0.2) is 18.2 Å². The van der Waals surface area contributed by atoms with Crippen LogP contribution in [0.1, 0.15) is 35.2 Å². The van der Waals surface area contributed by atoms with Crippen molar-refractivity contribution in [2.75, 3.05) is 0 Å². The molecule has 1 aliphatic carbocycles. The number of carboxylic acids is 1. The Kier molecular flexibility index (Phi) is 4.98. The lowest BCUT2D eigenvalue weighted by Crippen LogP contribution is -2.56. The van der Waals surface area contributed by atoms with Gasteiger partial charge in [0.25, 0.3) is 0 Å². The Hall–Kier alpha value is -2.10. The Bertz CT molecular complexity index is 686. The highest BCUT2D eigenvalue weighted by molar-refractivity contribution is 6.47. The van der Waals surface area contributed by atoms with Crippen molar-refractivity contribution in [1.29, 1.82) is 0 Å². The molecule has 4 atom stereocenters. The molecule has 1 heterocycles. The first-order chi connectivity index (χ1) is 11.9. The predicted octanol–water partition coefficient (Wildman–Crippen LogP) is -0.721. The smallest absolute Gasteiger partial charge is 0.534 e. The van der Waals surface area contributed by atoms with Gasteiger partial charge in [-0.15, -0.1) is 0 Å². The molecular weight excluding hydrogens is 325 g/mol. The van der Waals surface area contributed by atoms with Crippen LogP contribution in [-0.2, 0) is 11.2 Å². The number of para-hydroxylation sites is 1. The highest BCUT2D eigenvalue weighted by Gasteiger charge is 2.39. The molecule has 1 fully saturated rings. The van der Waals surface area contributed by atoms with E-state index in [0.29, 0.717) is 31.2 Å². The molecule has 8 nitrogen and oxygen atoms in total. The van der Waals surface area contributed by atoms with E-state index in [0.717, 1.165) is 0 Å². The van der Waals surface area contributed by atoms with Gasteiger partial charge in [-0.1, -0.05) is 12.1 Å². The van der Waals surface area contributed by atoms with Crippen molar-refractivity contribution in [3.05, 3.63) is 29.3 Å². The molecule has 1 aromatic rings. The minimum Gasteiger partial charge on any atom is -0.534 e. The molecular formula is C16H22BN3O5. The van der Waals surface area contributed by atoms with Crippen LogP contribution in [0.25, 0.3) is 0 Å². The summed E-state index contributed by atoms with van der Waals surface area (Å²) in [7, 11) is -1.31. The predicted molar refractivity (Wildman–Crippen MR) is 90.9 cm³/mol. The van der Waals surface area contributed by atoms with Gasteiger partial charge in [-0.05, 0) is 37.3 Å². The Morgan fingerprint density at radius 2 is 2.00 bits per heavy atom. The summed E-state index contributed by atoms with van der Waals surface area (Å²) in [6, 6.07) is 4.45. The van der Waals surface area contributed by atoms with E-state index in [1.807, 2.05) is 0 Å². The van der Waals surface area contributed by atoms with Crippen LogP contribution in [0.2, 0.25) is 0 Å². The van der Waals surface area contributed by atoms with Gasteiger partial charge in [-0.2, -0.15) is 0 Å². The molecule has 0 spiro atoms. The molecule has 1 amide bonds. The van der Waals surface area contributed by atoms with E-state index >= 15 is 0 Å². The van der Waals surface area contributed by atoms with E-state index in [-0.39, 0.29) is 35.2 Å². The lowest BCUT2D eigenvalue weighted by Gasteiger charge is -2.33. The van der Waals surface area contributed by atoms with Crippen molar-refractivity contribution in [1.82, 2.24) is 5.32 Å². The van der Waals surface area contributed by atoms with Gasteiger partial charge in [-0.25, -0.2) is 4.79 Å². The van der Waals surface area contributed by atoms with Crippen LogP contribution in [0.5, 0.6) is 5.75 Å². The third kappa shape index (κ3) is 3.63. The highest BCUT2D eigenvalue weighted by atomic mass is 16.5. The Balaban J connectivity index is 1.69. The van der Waals surface area contributed by atoms with Gasteiger partial charge in [0.15, 0.2) is 0 Å². The molecule has 1 aliphatic heterocycles. The average molecular weight is 347 g/mol. The SMILES string of the molecule is N[C@@H]1CC[C@@H](C(=O)N[C@H]2Cc3cccc(C(=O)O)c3OB2O)C[C@H]1N. The number of carbonyl (C=O) groups excluding carboxylic acids is 1. The molecule has 0 bridgehead atoms. The van der Waals surface area contributed by atoms with Gasteiger partial charge in [0, 0.05) is 18.0 Å². The van der Waals surface area contributed by atoms with Crippen molar-refractivity contribution in [2.24, 2.45) is 17.4 Å². The molecule has 0 aromatic heterocycles. The number of benzene rings is 1. The molecule has 9 heteroatoms. The molecule has 7 N–H and O–H groups in total. The van der Waals surface area contributed by atoms with E-state index in [9.17, 15) is 19.7 Å². The lowest BCUT2D eigenvalue weighted by atomic mass is 9.71. The minimum atomic E-state index is -1.31. The first-order valence-electron chi connectivity index (χ1n) is 8.38. The number of fused-ring (bicyclic) bond motifs is 1. The molecule has 25 heavy (non-hydrogen) atoms. The fourth-order valence-electron chi connectivity index (χ4n) is 3.48. The van der Waals surface area contributed by atoms with Crippen LogP contribution < -0.4 is 21.4 Å². The van der Waals surface area contributed by atoms with E-state index in [1.165, 1.54) is 6.07 Å². The maximum Gasteiger partial charge on any atom is 0.547 e. The van der Waals surface area contributed by atoms with Crippen molar-refractivity contribution in [2.45, 2.75) is 43.7 Å². The number of nitrogens with two attached hydrogens (primary N) is 2. The highest BCUT2D eigenvalue weighted by Crippen LogP contribution is 2.30. The molecule has 1 saturated carbocycles. The summed E-state index contributed by atoms with van der Waals surface area (Å²) < 4.78 is 5.38. The number of nitrogens with one attached hydrogen (secondary N) is 1. The van der Waals surface area contributed by atoms with Crippen molar-refractivity contribution in [3.8, 4) is 5.75 Å². The molecule has 3 rings (SSSR count). The molecule has 0 radical (unpaired) electrons. The maximum atomic E-state index is 12.5. The summed E-state index contributed by atoms with van der Waals surface area (Å²) in [5, 5.41) is 22.2. The normalized spacial score (nSPS) is 28.7. The Morgan fingerprint density at radius 1 is 1.24 bits per heavy atom. The summed E-state index contributed by atoms with van der Waals surface area (Å²) in [6.45, 7) is 0. The molecule has 0 unspecified atom stereocenters. The zero-order valence-corrected chi connectivity index (χ0v) is 13.7. The van der Waals surface area contributed by atoms with Gasteiger partial charge in [0.2, 0.25) is 5.91 Å². The second-order valence-electron chi connectivity index (χ2n) is 6.76. The number of hydrogen-bond acceptors (Lipinski definition) is 6. The number of hydrogen-bond donors (Lipinski definition) is 5. The summed E-state index contributed by atoms with van der Waals surface area (Å²) in [6.07, 6.45) is 2.15. The number of carboxylic acid groups (broad SMARTS) is 1. The molecule has 2 aliphatic rings. The first-order valence-corrected chi connectivity index (χ1v) is 8.38. The van der Waals surface area contributed by atoms with Crippen LogP contribution in [0.4, 0.5) is 0 Å². The average Bonchev–Trinajstić information content (AvgIpc) is 2.57. The number of carbonyl (C=O) groups is 2. The zero-order valence-electron chi connectivity index (χ0n) is 13.7. The standard InChI is InChI=1S/C16H22BN3O5/c18-11-5-4-9(6-12(11)19)15(21)20-13-7-8-2-1-3-10(16(22)23)14(8)25-17(13)24/h1-3,9,11-13,24H,4-7,18-19H2,(H,20,21)(H,22,23)/t9-,11-,12-,13+/m1/s1. The summed E-state index contributed by atoms with van der Waals surface area (Å²) >= 11 is 0. The number of aromatic carboxylic acids is 1. The maximum absolute atomic E-state index is 12.5. The van der Waals surface area contributed by atoms with Crippen LogP contribution in [0, 0.1) is 5.92 Å². The Labute approximate surface area is 145 Å². The minimum absolute atomic E-state index is 0.00596. The first kappa shape index (κ1) is 17.7. The topological polar surface area (TPSA) is 148 Å². The fraction of sp³-hybridized carbons (Fsp3) is 0.500. The zero-order chi connectivity index (χ0) is 18.1. The second kappa shape index (κ2) is 7.03. The van der Waals surface area contributed by atoms with Gasteiger partial charge in [-0.3, -0.25) is 4.79 Å². The van der Waals surface area contributed by atoms with Crippen molar-refractivity contribution in [3.63, 3.8) is 0 Å². The second-order valence-corrected chi connectivity index (χ2v) is 6.76. The third-order valence-corrected chi connectivity index (χ3v) is 5.00. The third-order valence-electron chi connectivity index (χ3n) is 5.00. The van der Waals surface area contributed by atoms with Gasteiger partial charge >= 0.3 is 13.1 Å². The van der Waals surface area contributed by atoms with E-state index in [1.54, 1.807) is 12.1 Å². The Morgan fingerprint density at radius 3 is 2.68 bits per heavy atom. The van der Waals surface area contributed by atoms with Crippen LogP contribution >= 0.6 is 0 Å². The van der Waals surface area contributed by atoms with Gasteiger partial charge in [0.1, 0.15) is 5.75 Å². The summed E-state index contributed by atoms with van der Waals surface area (Å²) in [5.41, 5.74) is 12.4. The fourth-order valence-corrected chi connectivity index (χ4v) is 3.48. The number of rotatable bonds is 3. The molecule has 1 aromatic carbocycles. The monoisotopic (exact) mass is 347 g/mol. The van der Waals surface area contributed by atoms with Gasteiger partial charge in [0.05, 0.1) is 11.5 Å². The van der Waals surface area contributed by atoms with E-state index in [2.05, 4.69) is 5.32 Å². The molecule has 0 saturated heterocycles. The van der Waals surface area contributed by atoms with Crippen LogP contribution in [-0.4, -0.2) is 47.2 Å². The largest absolute Gasteiger partial charge is 0.547 e. The summed E-state index contributed by atoms with van der Waals surface area (Å²) in [4.78, 5) is 23.7. The van der Waals surface area contributed by atoms with Crippen molar-refractivity contribution >= 4 is 19.0 Å². The van der Waals surface area contributed by atoms with E-state index < -0.39 is 19.0 Å². The summed E-state index contributed by atoms with van der Waals surface area (Å²) in [5.74, 6) is -2.05. The lowest BCUT2D eigenvalue weighted by molar-refractivity contribution is -0.126. The molecule has 134 valence electrons. The van der Waals surface area contributed by atoms with E-state index in [4.69, 9.17) is 16.1 Å². The number of amides is 1.